The van der Waals surface area contributed by atoms with Crippen molar-refractivity contribution in [2.24, 2.45) is 0 Å². The van der Waals surface area contributed by atoms with Gasteiger partial charge in [0.25, 0.3) is 0 Å². The summed E-state index contributed by atoms with van der Waals surface area (Å²) in [7, 11) is 0. The topological polar surface area (TPSA) is 61.6 Å². The van der Waals surface area contributed by atoms with Crippen molar-refractivity contribution in [1.29, 1.82) is 5.26 Å². The van der Waals surface area contributed by atoms with Crippen LogP contribution in [-0.2, 0) is 0 Å². The third kappa shape index (κ3) is 2.55. The molecule has 0 atom stereocenters. The molecular weight excluding hydrogens is 212 g/mol. The van der Waals surface area contributed by atoms with Crippen LogP contribution in [0.5, 0.6) is 0 Å². The molecule has 1 aliphatic carbocycles. The minimum atomic E-state index is 0.451. The first kappa shape index (κ1) is 11.8. The van der Waals surface area contributed by atoms with E-state index in [9.17, 15) is 5.26 Å². The molecule has 1 heterocycles. The predicted molar refractivity (Wildman–Crippen MR) is 66.7 cm³/mol. The molecule has 2 rings (SSSR count). The van der Waals surface area contributed by atoms with Gasteiger partial charge in [-0.05, 0) is 32.3 Å². The van der Waals surface area contributed by atoms with Crippen LogP contribution < -0.4 is 5.32 Å². The molecule has 1 fully saturated rings. The van der Waals surface area contributed by atoms with Crippen LogP contribution in [0.4, 0.5) is 5.82 Å². The molecule has 1 aromatic heterocycles. The Kier molecular flexibility index (Phi) is 3.58. The van der Waals surface area contributed by atoms with Crippen molar-refractivity contribution in [3.63, 3.8) is 0 Å². The summed E-state index contributed by atoms with van der Waals surface area (Å²) in [6.07, 6.45) is 6.18. The van der Waals surface area contributed by atoms with Crippen molar-refractivity contribution in [1.82, 2.24) is 10.2 Å². The van der Waals surface area contributed by atoms with Crippen LogP contribution in [0, 0.1) is 25.2 Å². The molecule has 0 unspecified atom stereocenters. The summed E-state index contributed by atoms with van der Waals surface area (Å²) in [6, 6.07) is 2.68. The highest BCUT2D eigenvalue weighted by molar-refractivity contribution is 5.56. The van der Waals surface area contributed by atoms with E-state index in [4.69, 9.17) is 0 Å². The number of nitriles is 1. The quantitative estimate of drug-likeness (QED) is 0.848. The number of aromatic nitrogens is 2. The summed E-state index contributed by atoms with van der Waals surface area (Å²) in [5.74, 6) is 0.655. The number of anilines is 1. The third-order valence-electron chi connectivity index (χ3n) is 3.51. The Hall–Kier alpha value is -1.63. The standard InChI is InChI=1S/C13H18N4/c1-9-10(2)16-17-13(12(9)8-14)15-11-6-4-3-5-7-11/h11H,3-7H2,1-2H3,(H,15,17). The Balaban J connectivity index is 2.20. The molecule has 1 N–H and O–H groups in total. The van der Waals surface area contributed by atoms with Gasteiger partial charge in [-0.3, -0.25) is 0 Å². The highest BCUT2D eigenvalue weighted by Crippen LogP contribution is 2.23. The number of aryl methyl sites for hydroxylation is 1. The SMILES string of the molecule is Cc1nnc(NC2CCCCC2)c(C#N)c1C. The monoisotopic (exact) mass is 230 g/mol. The van der Waals surface area contributed by atoms with E-state index in [0.29, 0.717) is 17.4 Å². The van der Waals surface area contributed by atoms with Gasteiger partial charge in [0.1, 0.15) is 11.6 Å². The molecule has 17 heavy (non-hydrogen) atoms. The van der Waals surface area contributed by atoms with Gasteiger partial charge < -0.3 is 5.32 Å². The second kappa shape index (κ2) is 5.13. The van der Waals surface area contributed by atoms with Crippen LogP contribution in [0.15, 0.2) is 0 Å². The van der Waals surface area contributed by atoms with Gasteiger partial charge in [-0.25, -0.2) is 0 Å². The fourth-order valence-corrected chi connectivity index (χ4v) is 2.29. The molecule has 4 nitrogen and oxygen atoms in total. The fourth-order valence-electron chi connectivity index (χ4n) is 2.29. The van der Waals surface area contributed by atoms with Crippen LogP contribution >= 0.6 is 0 Å². The van der Waals surface area contributed by atoms with Crippen LogP contribution in [-0.4, -0.2) is 16.2 Å². The lowest BCUT2D eigenvalue weighted by molar-refractivity contribution is 0.461. The number of nitrogens with zero attached hydrogens (tertiary/aromatic N) is 3. The number of nitrogens with one attached hydrogen (secondary N) is 1. The molecule has 0 aliphatic heterocycles. The molecule has 0 aromatic carbocycles. The number of hydrogen-bond acceptors (Lipinski definition) is 4. The van der Waals surface area contributed by atoms with Gasteiger partial charge in [0.15, 0.2) is 5.82 Å². The summed E-state index contributed by atoms with van der Waals surface area (Å²) in [4.78, 5) is 0. The molecule has 0 amide bonds. The van der Waals surface area contributed by atoms with E-state index in [-0.39, 0.29) is 0 Å². The molecule has 90 valence electrons. The zero-order valence-electron chi connectivity index (χ0n) is 10.5. The summed E-state index contributed by atoms with van der Waals surface area (Å²) in [5, 5.41) is 20.8. The Morgan fingerprint density at radius 2 is 1.88 bits per heavy atom. The van der Waals surface area contributed by atoms with E-state index >= 15 is 0 Å². The largest absolute Gasteiger partial charge is 0.365 e. The Bertz CT molecular complexity index is 441. The summed E-state index contributed by atoms with van der Waals surface area (Å²) >= 11 is 0. The Labute approximate surface area is 102 Å². The van der Waals surface area contributed by atoms with Crippen molar-refractivity contribution >= 4 is 5.82 Å². The molecule has 1 saturated carbocycles. The number of hydrogen-bond donors (Lipinski definition) is 1. The first-order chi connectivity index (χ1) is 8.22. The van der Waals surface area contributed by atoms with Gasteiger partial charge >= 0.3 is 0 Å². The highest BCUT2D eigenvalue weighted by atomic mass is 15.2. The molecule has 4 heteroatoms. The average Bonchev–Trinajstić information content (AvgIpc) is 2.36. The lowest BCUT2D eigenvalue weighted by Crippen LogP contribution is -2.24. The second-order valence-corrected chi connectivity index (χ2v) is 4.73. The first-order valence-electron chi connectivity index (χ1n) is 6.23. The van der Waals surface area contributed by atoms with Crippen molar-refractivity contribution in [2.75, 3.05) is 5.32 Å². The van der Waals surface area contributed by atoms with Crippen LogP contribution in [0.1, 0.15) is 48.9 Å². The minimum absolute atomic E-state index is 0.451. The van der Waals surface area contributed by atoms with E-state index in [1.165, 1.54) is 32.1 Å². The summed E-state index contributed by atoms with van der Waals surface area (Å²) in [6.45, 7) is 3.81. The molecule has 0 bridgehead atoms. The van der Waals surface area contributed by atoms with Crippen molar-refractivity contribution < 1.29 is 0 Å². The zero-order valence-corrected chi connectivity index (χ0v) is 10.5. The maximum absolute atomic E-state index is 9.20. The second-order valence-electron chi connectivity index (χ2n) is 4.73. The molecule has 0 spiro atoms. The smallest absolute Gasteiger partial charge is 0.167 e. The minimum Gasteiger partial charge on any atom is -0.365 e. The molecule has 0 saturated heterocycles. The van der Waals surface area contributed by atoms with Gasteiger partial charge in [0, 0.05) is 6.04 Å². The van der Waals surface area contributed by atoms with Gasteiger partial charge in [0.05, 0.1) is 5.69 Å². The van der Waals surface area contributed by atoms with Gasteiger partial charge in [0.2, 0.25) is 0 Å². The van der Waals surface area contributed by atoms with E-state index in [2.05, 4.69) is 21.6 Å². The maximum atomic E-state index is 9.20. The van der Waals surface area contributed by atoms with E-state index in [1.807, 2.05) is 13.8 Å². The molecule has 1 aliphatic rings. The number of rotatable bonds is 2. The zero-order chi connectivity index (χ0) is 12.3. The fraction of sp³-hybridized carbons (Fsp3) is 0.615. The normalized spacial score (nSPS) is 16.5. The molecule has 0 radical (unpaired) electrons. The van der Waals surface area contributed by atoms with E-state index < -0.39 is 0 Å². The lowest BCUT2D eigenvalue weighted by atomic mass is 9.95. The Morgan fingerprint density at radius 3 is 2.53 bits per heavy atom. The van der Waals surface area contributed by atoms with Gasteiger partial charge in [-0.2, -0.15) is 10.4 Å². The van der Waals surface area contributed by atoms with Crippen molar-refractivity contribution in [2.45, 2.75) is 52.0 Å². The predicted octanol–water partition coefficient (Wildman–Crippen LogP) is 2.71. The van der Waals surface area contributed by atoms with Crippen molar-refractivity contribution in [3.05, 3.63) is 16.8 Å². The van der Waals surface area contributed by atoms with E-state index in [1.54, 1.807) is 0 Å². The highest BCUT2D eigenvalue weighted by Gasteiger charge is 2.17. The van der Waals surface area contributed by atoms with Crippen LogP contribution in [0.3, 0.4) is 0 Å². The molecule has 1 aromatic rings. The van der Waals surface area contributed by atoms with Crippen molar-refractivity contribution in [3.8, 4) is 6.07 Å². The summed E-state index contributed by atoms with van der Waals surface area (Å²) in [5.41, 5.74) is 2.40. The summed E-state index contributed by atoms with van der Waals surface area (Å²) < 4.78 is 0. The van der Waals surface area contributed by atoms with Gasteiger partial charge in [-0.15, -0.1) is 5.10 Å². The Morgan fingerprint density at radius 1 is 1.18 bits per heavy atom. The van der Waals surface area contributed by atoms with Gasteiger partial charge in [-0.1, -0.05) is 19.3 Å². The maximum Gasteiger partial charge on any atom is 0.167 e. The lowest BCUT2D eigenvalue weighted by Gasteiger charge is -2.23. The van der Waals surface area contributed by atoms with Crippen LogP contribution in [0.25, 0.3) is 0 Å². The van der Waals surface area contributed by atoms with Crippen LogP contribution in [0.2, 0.25) is 0 Å². The van der Waals surface area contributed by atoms with E-state index in [0.717, 1.165) is 11.3 Å². The molecular formula is C13H18N4. The third-order valence-corrected chi connectivity index (χ3v) is 3.51. The average molecular weight is 230 g/mol. The first-order valence-corrected chi connectivity index (χ1v) is 6.23.